The zero-order valence-electron chi connectivity index (χ0n) is 9.32. The molecule has 0 saturated carbocycles. The molecule has 1 rings (SSSR count). The predicted molar refractivity (Wildman–Crippen MR) is 67.8 cm³/mol. The van der Waals surface area contributed by atoms with E-state index in [0.717, 1.165) is 5.56 Å². The van der Waals surface area contributed by atoms with Crippen molar-refractivity contribution < 1.29 is 9.90 Å². The molecule has 0 radical (unpaired) electrons. The van der Waals surface area contributed by atoms with Gasteiger partial charge in [0.25, 0.3) is 0 Å². The molecule has 92 valence electrons. The minimum absolute atomic E-state index is 0.185. The Labute approximate surface area is 105 Å². The number of hydrogen-bond donors (Lipinski definition) is 3. The molecule has 0 spiro atoms. The molecule has 4 N–H and O–H groups in total. The Morgan fingerprint density at radius 2 is 2.06 bits per heavy atom. The first-order valence-corrected chi connectivity index (χ1v) is 5.51. The average molecular weight is 255 g/mol. The third-order valence-corrected chi connectivity index (χ3v) is 2.32. The van der Waals surface area contributed by atoms with Crippen LogP contribution in [0.4, 0.5) is 0 Å². The molecule has 0 heterocycles. The van der Waals surface area contributed by atoms with Crippen LogP contribution in [0.25, 0.3) is 0 Å². The highest BCUT2D eigenvalue weighted by Gasteiger charge is 2.13. The number of aromatic hydroxyl groups is 1. The summed E-state index contributed by atoms with van der Waals surface area (Å²) >= 11 is 5.53. The van der Waals surface area contributed by atoms with E-state index < -0.39 is 6.04 Å². The van der Waals surface area contributed by atoms with Crippen molar-refractivity contribution in [1.82, 2.24) is 5.32 Å². The van der Waals surface area contributed by atoms with Crippen LogP contribution in [0.3, 0.4) is 0 Å². The molecule has 4 nitrogen and oxygen atoms in total. The molecular formula is C12H15ClN2O2. The van der Waals surface area contributed by atoms with Gasteiger partial charge in [-0.15, -0.1) is 0 Å². The number of phenols is 1. The Hall–Kier alpha value is -1.52. The number of phenolic OH excluding ortho intramolecular Hbond substituents is 1. The first kappa shape index (κ1) is 13.5. The molecule has 1 atom stereocenters. The van der Waals surface area contributed by atoms with E-state index in [9.17, 15) is 4.79 Å². The van der Waals surface area contributed by atoms with Crippen LogP contribution in [0.15, 0.2) is 35.9 Å². The molecular weight excluding hydrogens is 240 g/mol. The van der Waals surface area contributed by atoms with Crippen molar-refractivity contribution in [2.75, 3.05) is 6.54 Å². The van der Waals surface area contributed by atoms with Gasteiger partial charge >= 0.3 is 0 Å². The lowest BCUT2D eigenvalue weighted by Crippen LogP contribution is -2.42. The lowest BCUT2D eigenvalue weighted by molar-refractivity contribution is -0.122. The summed E-state index contributed by atoms with van der Waals surface area (Å²) < 4.78 is 0. The molecule has 0 aliphatic carbocycles. The van der Waals surface area contributed by atoms with Gasteiger partial charge in [-0.25, -0.2) is 0 Å². The minimum Gasteiger partial charge on any atom is -0.508 e. The quantitative estimate of drug-likeness (QED) is 0.737. The maximum absolute atomic E-state index is 11.5. The monoisotopic (exact) mass is 254 g/mol. The zero-order chi connectivity index (χ0) is 12.8. The molecule has 1 amide bonds. The normalized spacial score (nSPS) is 11.9. The van der Waals surface area contributed by atoms with Crippen LogP contribution in [0.2, 0.25) is 0 Å². The highest BCUT2D eigenvalue weighted by molar-refractivity contribution is 6.29. The Morgan fingerprint density at radius 1 is 1.47 bits per heavy atom. The van der Waals surface area contributed by atoms with Gasteiger partial charge in [0.1, 0.15) is 5.75 Å². The highest BCUT2D eigenvalue weighted by atomic mass is 35.5. The number of carbonyl (C=O) groups excluding carboxylic acids is 1. The van der Waals surface area contributed by atoms with Crippen LogP contribution >= 0.6 is 11.6 Å². The standard InChI is InChI=1S/C12H15ClN2O2/c1-8(13)7-15-12(17)11(14)6-9-2-4-10(16)5-3-9/h2-5,11,16H,1,6-7,14H2,(H,15,17). The van der Waals surface area contributed by atoms with Gasteiger partial charge in [-0.2, -0.15) is 0 Å². The van der Waals surface area contributed by atoms with E-state index >= 15 is 0 Å². The number of amides is 1. The second-order valence-corrected chi connectivity index (χ2v) is 4.25. The molecule has 17 heavy (non-hydrogen) atoms. The second-order valence-electron chi connectivity index (χ2n) is 3.71. The van der Waals surface area contributed by atoms with E-state index in [1.807, 2.05) is 0 Å². The Morgan fingerprint density at radius 3 is 2.59 bits per heavy atom. The summed E-state index contributed by atoms with van der Waals surface area (Å²) in [4.78, 5) is 11.5. The molecule has 0 fully saturated rings. The number of nitrogens with two attached hydrogens (primary N) is 1. The van der Waals surface area contributed by atoms with Crippen molar-refractivity contribution in [2.24, 2.45) is 5.73 Å². The molecule has 0 aliphatic heterocycles. The topological polar surface area (TPSA) is 75.4 Å². The van der Waals surface area contributed by atoms with Gasteiger partial charge in [0.15, 0.2) is 0 Å². The average Bonchev–Trinajstić information content (AvgIpc) is 2.28. The summed E-state index contributed by atoms with van der Waals surface area (Å²) in [6, 6.07) is 5.92. The van der Waals surface area contributed by atoms with E-state index in [1.54, 1.807) is 24.3 Å². The van der Waals surface area contributed by atoms with Gasteiger partial charge in [0, 0.05) is 5.03 Å². The molecule has 0 saturated heterocycles. The third-order valence-electron chi connectivity index (χ3n) is 2.18. The van der Waals surface area contributed by atoms with Gasteiger partial charge in [-0.05, 0) is 24.1 Å². The fourth-order valence-corrected chi connectivity index (χ4v) is 1.36. The van der Waals surface area contributed by atoms with E-state index in [1.165, 1.54) is 0 Å². The lowest BCUT2D eigenvalue weighted by atomic mass is 10.1. The fourth-order valence-electron chi connectivity index (χ4n) is 1.29. The van der Waals surface area contributed by atoms with Gasteiger partial charge in [-0.1, -0.05) is 30.3 Å². The van der Waals surface area contributed by atoms with E-state index in [0.29, 0.717) is 11.5 Å². The lowest BCUT2D eigenvalue weighted by Gasteiger charge is -2.11. The van der Waals surface area contributed by atoms with Gasteiger partial charge in [0.05, 0.1) is 12.6 Å². The van der Waals surface area contributed by atoms with Crippen LogP contribution in [-0.2, 0) is 11.2 Å². The van der Waals surface area contributed by atoms with Crippen molar-refractivity contribution in [3.05, 3.63) is 41.4 Å². The zero-order valence-corrected chi connectivity index (χ0v) is 10.1. The molecule has 1 unspecified atom stereocenters. The van der Waals surface area contributed by atoms with Crippen LogP contribution in [0, 0.1) is 0 Å². The Balaban J connectivity index is 2.48. The second kappa shape index (κ2) is 6.27. The number of hydrogen-bond acceptors (Lipinski definition) is 3. The smallest absolute Gasteiger partial charge is 0.237 e. The summed E-state index contributed by atoms with van der Waals surface area (Å²) in [5.41, 5.74) is 6.61. The summed E-state index contributed by atoms with van der Waals surface area (Å²) in [6.45, 7) is 3.67. The fraction of sp³-hybridized carbons (Fsp3) is 0.250. The Kier molecular flexibility index (Phi) is 5.00. The molecule has 0 aromatic heterocycles. The number of rotatable bonds is 5. The Bertz CT molecular complexity index is 403. The summed E-state index contributed by atoms with van der Waals surface area (Å²) in [6.07, 6.45) is 0.404. The van der Waals surface area contributed by atoms with Crippen molar-refractivity contribution in [2.45, 2.75) is 12.5 Å². The summed E-state index contributed by atoms with van der Waals surface area (Å²) in [5, 5.41) is 12.0. The molecule has 1 aromatic carbocycles. The first-order chi connectivity index (χ1) is 7.99. The number of halogens is 1. The largest absolute Gasteiger partial charge is 0.508 e. The highest BCUT2D eigenvalue weighted by Crippen LogP contribution is 2.10. The third kappa shape index (κ3) is 4.89. The van der Waals surface area contributed by atoms with Crippen LogP contribution in [0.5, 0.6) is 5.75 Å². The maximum Gasteiger partial charge on any atom is 0.237 e. The van der Waals surface area contributed by atoms with Gasteiger partial charge in [-0.3, -0.25) is 4.79 Å². The van der Waals surface area contributed by atoms with Crippen molar-refractivity contribution in [3.63, 3.8) is 0 Å². The maximum atomic E-state index is 11.5. The van der Waals surface area contributed by atoms with Crippen LogP contribution in [0.1, 0.15) is 5.56 Å². The molecule has 5 heteroatoms. The summed E-state index contributed by atoms with van der Waals surface area (Å²) in [5.74, 6) is -0.0925. The predicted octanol–water partition coefficient (Wildman–Crippen LogP) is 1.13. The number of nitrogens with one attached hydrogen (secondary N) is 1. The minimum atomic E-state index is -0.643. The first-order valence-electron chi connectivity index (χ1n) is 5.13. The van der Waals surface area contributed by atoms with E-state index in [-0.39, 0.29) is 18.2 Å². The van der Waals surface area contributed by atoms with E-state index in [2.05, 4.69) is 11.9 Å². The van der Waals surface area contributed by atoms with Crippen molar-refractivity contribution in [3.8, 4) is 5.75 Å². The van der Waals surface area contributed by atoms with E-state index in [4.69, 9.17) is 22.4 Å². The SMILES string of the molecule is C=C(Cl)CNC(=O)C(N)Cc1ccc(O)cc1. The summed E-state index contributed by atoms with van der Waals surface area (Å²) in [7, 11) is 0. The molecule has 1 aromatic rings. The van der Waals surface area contributed by atoms with Gasteiger partial charge in [0.2, 0.25) is 5.91 Å². The molecule has 0 aliphatic rings. The van der Waals surface area contributed by atoms with Crippen molar-refractivity contribution >= 4 is 17.5 Å². The van der Waals surface area contributed by atoms with Gasteiger partial charge < -0.3 is 16.2 Å². The van der Waals surface area contributed by atoms with Crippen LogP contribution in [-0.4, -0.2) is 23.6 Å². The number of benzene rings is 1. The molecule has 0 bridgehead atoms. The van der Waals surface area contributed by atoms with Crippen LogP contribution < -0.4 is 11.1 Å². The number of carbonyl (C=O) groups is 1. The van der Waals surface area contributed by atoms with Crippen molar-refractivity contribution in [1.29, 1.82) is 0 Å².